The van der Waals surface area contributed by atoms with E-state index < -0.39 is 0 Å². The van der Waals surface area contributed by atoms with Gasteiger partial charge in [0.15, 0.2) is 0 Å². The van der Waals surface area contributed by atoms with Crippen molar-refractivity contribution in [2.75, 3.05) is 7.05 Å². The van der Waals surface area contributed by atoms with E-state index in [9.17, 15) is 4.79 Å². The Labute approximate surface area is 76.5 Å². The first kappa shape index (κ1) is 9.32. The summed E-state index contributed by atoms with van der Waals surface area (Å²) in [7, 11) is 1.58. The highest BCUT2D eigenvalue weighted by atomic mass is 16.1. The van der Waals surface area contributed by atoms with E-state index in [0.29, 0.717) is 10.9 Å². The van der Waals surface area contributed by atoms with E-state index >= 15 is 0 Å². The van der Waals surface area contributed by atoms with Gasteiger partial charge in [-0.25, -0.2) is 0 Å². The van der Waals surface area contributed by atoms with Gasteiger partial charge in [-0.15, -0.1) is 0 Å². The minimum atomic E-state index is -0.164. The summed E-state index contributed by atoms with van der Waals surface area (Å²) in [4.78, 5) is 14.3. The van der Waals surface area contributed by atoms with Crippen molar-refractivity contribution in [2.45, 2.75) is 0 Å². The van der Waals surface area contributed by atoms with Crippen molar-refractivity contribution in [3.8, 4) is 0 Å². The number of hydrogen-bond acceptors (Lipinski definition) is 1. The van der Waals surface area contributed by atoms with Crippen LogP contribution >= 0.6 is 0 Å². The highest BCUT2D eigenvalue weighted by Gasteiger charge is 2.04. The van der Waals surface area contributed by atoms with Gasteiger partial charge < -0.3 is 10.3 Å². The van der Waals surface area contributed by atoms with E-state index in [1.165, 1.54) is 6.08 Å². The molecule has 1 aromatic heterocycles. The largest absolute Gasteiger partial charge is 0.361 e. The fraction of sp³-hybridized carbons (Fsp3) is 0.100. The van der Waals surface area contributed by atoms with Crippen LogP contribution in [0, 0.1) is 0 Å². The number of rotatable bonds is 2. The van der Waals surface area contributed by atoms with Gasteiger partial charge in [0.1, 0.15) is 0 Å². The molecule has 0 bridgehead atoms. The summed E-state index contributed by atoms with van der Waals surface area (Å²) in [5.41, 5.74) is 0.512. The number of nitrogens with one attached hydrogen (secondary N) is 2. The maximum absolute atomic E-state index is 11.3. The third kappa shape index (κ3) is 1.69. The molecule has 0 aliphatic rings. The Morgan fingerprint density at radius 3 is 2.77 bits per heavy atom. The van der Waals surface area contributed by atoms with Gasteiger partial charge in [-0.1, -0.05) is 19.2 Å². The van der Waals surface area contributed by atoms with Crippen molar-refractivity contribution in [1.82, 2.24) is 10.3 Å². The van der Waals surface area contributed by atoms with E-state index in [2.05, 4.69) is 23.5 Å². The van der Waals surface area contributed by atoms with Crippen molar-refractivity contribution in [3.05, 3.63) is 35.5 Å². The SMILES string of the molecule is C=C/C(C(=O)NC)=c1/[nH]ccc1=C. The Kier molecular flexibility index (Phi) is 2.69. The maximum Gasteiger partial charge on any atom is 0.253 e. The summed E-state index contributed by atoms with van der Waals surface area (Å²) in [6.07, 6.45) is 3.25. The smallest absolute Gasteiger partial charge is 0.253 e. The van der Waals surface area contributed by atoms with E-state index in [1.807, 2.05) is 6.07 Å². The first-order valence-corrected chi connectivity index (χ1v) is 3.92. The Morgan fingerprint density at radius 2 is 2.38 bits per heavy atom. The van der Waals surface area contributed by atoms with E-state index in [0.717, 1.165) is 5.22 Å². The lowest BCUT2D eigenvalue weighted by atomic mass is 10.2. The van der Waals surface area contributed by atoms with Gasteiger partial charge in [0.05, 0.1) is 10.9 Å². The number of carbonyl (C=O) groups is 1. The number of carbonyl (C=O) groups excluding carboxylic acids is 1. The van der Waals surface area contributed by atoms with Gasteiger partial charge >= 0.3 is 0 Å². The summed E-state index contributed by atoms with van der Waals surface area (Å²) in [5, 5.41) is 4.04. The van der Waals surface area contributed by atoms with Crippen molar-refractivity contribution in [2.24, 2.45) is 0 Å². The minimum Gasteiger partial charge on any atom is -0.361 e. The molecule has 1 aromatic rings. The summed E-state index contributed by atoms with van der Waals surface area (Å²) in [6, 6.07) is 1.81. The quantitative estimate of drug-likeness (QED) is 0.627. The molecule has 1 amide bonds. The molecule has 0 aliphatic carbocycles. The molecule has 1 heterocycles. The second kappa shape index (κ2) is 3.76. The van der Waals surface area contributed by atoms with Crippen LogP contribution in [-0.2, 0) is 4.79 Å². The van der Waals surface area contributed by atoms with Crippen LogP contribution < -0.4 is 15.9 Å². The molecule has 0 saturated carbocycles. The monoisotopic (exact) mass is 176 g/mol. The van der Waals surface area contributed by atoms with Crippen LogP contribution in [0.3, 0.4) is 0 Å². The zero-order valence-electron chi connectivity index (χ0n) is 7.55. The second-order valence-corrected chi connectivity index (χ2v) is 2.57. The number of aromatic amines is 1. The molecule has 0 radical (unpaired) electrons. The molecule has 0 fully saturated rings. The third-order valence-corrected chi connectivity index (χ3v) is 1.78. The molecule has 13 heavy (non-hydrogen) atoms. The number of H-pyrrole nitrogens is 1. The number of amides is 1. The zero-order valence-corrected chi connectivity index (χ0v) is 7.55. The lowest BCUT2D eigenvalue weighted by Crippen LogP contribution is -2.30. The predicted octanol–water partition coefficient (Wildman–Crippen LogP) is -0.492. The average molecular weight is 176 g/mol. The van der Waals surface area contributed by atoms with Gasteiger partial charge in [-0.2, -0.15) is 0 Å². The predicted molar refractivity (Wildman–Crippen MR) is 53.2 cm³/mol. The van der Waals surface area contributed by atoms with Gasteiger partial charge in [-0.3, -0.25) is 4.79 Å². The first-order chi connectivity index (χ1) is 6.20. The average Bonchev–Trinajstić information content (AvgIpc) is 2.53. The highest BCUT2D eigenvalue weighted by molar-refractivity contribution is 6.16. The Bertz CT molecular complexity index is 428. The van der Waals surface area contributed by atoms with Crippen LogP contribution in [0.4, 0.5) is 0 Å². The van der Waals surface area contributed by atoms with E-state index in [1.54, 1.807) is 13.2 Å². The van der Waals surface area contributed by atoms with Gasteiger partial charge in [-0.05, 0) is 11.3 Å². The summed E-state index contributed by atoms with van der Waals surface area (Å²) in [5.74, 6) is -0.164. The molecule has 2 N–H and O–H groups in total. The Balaban J connectivity index is 3.46. The zero-order chi connectivity index (χ0) is 9.84. The molecule has 3 heteroatoms. The molecule has 0 aromatic carbocycles. The van der Waals surface area contributed by atoms with Crippen LogP contribution in [-0.4, -0.2) is 17.9 Å². The Hall–Kier alpha value is -1.77. The molecule has 0 spiro atoms. The normalized spacial score (nSPS) is 12.1. The minimum absolute atomic E-state index is 0.164. The maximum atomic E-state index is 11.3. The van der Waals surface area contributed by atoms with Gasteiger partial charge in [0, 0.05) is 13.2 Å². The van der Waals surface area contributed by atoms with Crippen molar-refractivity contribution in [1.29, 1.82) is 0 Å². The standard InChI is InChI=1S/C10H12N2O/c1-4-8(10(13)11-3)9-7(2)5-6-12-9/h4-6,12H,1-2H2,3H3,(H,11,13)/b9-8-. The van der Waals surface area contributed by atoms with Crippen LogP contribution in [0.15, 0.2) is 24.9 Å². The summed E-state index contributed by atoms with van der Waals surface area (Å²) in [6.45, 7) is 7.37. The first-order valence-electron chi connectivity index (χ1n) is 3.92. The molecular weight excluding hydrogens is 164 g/mol. The molecule has 0 saturated heterocycles. The van der Waals surface area contributed by atoms with E-state index in [4.69, 9.17) is 0 Å². The highest BCUT2D eigenvalue weighted by Crippen LogP contribution is 1.90. The molecule has 0 unspecified atom stereocenters. The molecule has 0 aliphatic heterocycles. The molecule has 68 valence electrons. The fourth-order valence-electron chi connectivity index (χ4n) is 1.10. The van der Waals surface area contributed by atoms with Crippen molar-refractivity contribution < 1.29 is 4.79 Å². The van der Waals surface area contributed by atoms with Crippen molar-refractivity contribution >= 4 is 18.1 Å². The fourth-order valence-corrected chi connectivity index (χ4v) is 1.10. The van der Waals surface area contributed by atoms with Gasteiger partial charge in [0.2, 0.25) is 0 Å². The van der Waals surface area contributed by atoms with Crippen LogP contribution in [0.5, 0.6) is 0 Å². The molecule has 1 rings (SSSR count). The Morgan fingerprint density at radius 1 is 1.69 bits per heavy atom. The lowest BCUT2D eigenvalue weighted by molar-refractivity contribution is -0.115. The molecule has 0 atom stereocenters. The molecule has 3 nitrogen and oxygen atoms in total. The number of hydrogen-bond donors (Lipinski definition) is 2. The third-order valence-electron chi connectivity index (χ3n) is 1.78. The summed E-state index contributed by atoms with van der Waals surface area (Å²) < 4.78 is 0. The van der Waals surface area contributed by atoms with Crippen LogP contribution in [0.2, 0.25) is 0 Å². The molecular formula is C10H12N2O. The summed E-state index contributed by atoms with van der Waals surface area (Å²) >= 11 is 0. The van der Waals surface area contributed by atoms with Gasteiger partial charge in [0.25, 0.3) is 5.91 Å². The van der Waals surface area contributed by atoms with Crippen LogP contribution in [0.25, 0.3) is 12.2 Å². The van der Waals surface area contributed by atoms with Crippen LogP contribution in [0.1, 0.15) is 0 Å². The number of aromatic nitrogens is 1. The van der Waals surface area contributed by atoms with Crippen molar-refractivity contribution in [3.63, 3.8) is 0 Å². The second-order valence-electron chi connectivity index (χ2n) is 2.57. The topological polar surface area (TPSA) is 44.9 Å². The van der Waals surface area contributed by atoms with E-state index in [-0.39, 0.29) is 5.91 Å². The lowest BCUT2D eigenvalue weighted by Gasteiger charge is -1.97.